The maximum absolute atomic E-state index is 11.4. The predicted octanol–water partition coefficient (Wildman–Crippen LogP) is 3.23. The van der Waals surface area contributed by atoms with Crippen molar-refractivity contribution < 1.29 is 14.3 Å². The second-order valence-electron chi connectivity index (χ2n) is 6.14. The molecule has 1 amide bonds. The summed E-state index contributed by atoms with van der Waals surface area (Å²) >= 11 is 0. The van der Waals surface area contributed by atoms with Gasteiger partial charge in [0.15, 0.2) is 11.5 Å². The van der Waals surface area contributed by atoms with E-state index < -0.39 is 0 Å². The molecule has 0 spiro atoms. The summed E-state index contributed by atoms with van der Waals surface area (Å²) in [6, 6.07) is 14.3. The van der Waals surface area contributed by atoms with Crippen LogP contribution in [0.25, 0.3) is 0 Å². The van der Waals surface area contributed by atoms with Crippen molar-refractivity contribution in [2.45, 2.75) is 25.7 Å². The second-order valence-corrected chi connectivity index (χ2v) is 6.14. The van der Waals surface area contributed by atoms with Gasteiger partial charge in [0.2, 0.25) is 5.91 Å². The lowest BCUT2D eigenvalue weighted by Gasteiger charge is -2.15. The van der Waals surface area contributed by atoms with Crippen LogP contribution in [0.3, 0.4) is 0 Å². The molecule has 24 heavy (non-hydrogen) atoms. The van der Waals surface area contributed by atoms with Gasteiger partial charge in [0.25, 0.3) is 0 Å². The number of hydrogen-bond acceptors (Lipinski definition) is 3. The molecule has 1 aliphatic rings. The van der Waals surface area contributed by atoms with E-state index in [9.17, 15) is 4.79 Å². The van der Waals surface area contributed by atoms with Gasteiger partial charge >= 0.3 is 0 Å². The second kappa shape index (κ2) is 7.39. The average molecular weight is 325 g/mol. The molecule has 1 unspecified atom stereocenters. The number of carbonyl (C=O) groups excluding carboxylic acids is 1. The van der Waals surface area contributed by atoms with E-state index in [4.69, 9.17) is 9.47 Å². The van der Waals surface area contributed by atoms with Gasteiger partial charge in [-0.1, -0.05) is 30.3 Å². The SMILES string of the molecule is COc1ccc(C2CNC(=O)C2)cc1OCCc1ccccc1C. The Hall–Kier alpha value is -2.49. The van der Waals surface area contributed by atoms with Crippen molar-refractivity contribution in [1.29, 1.82) is 0 Å². The summed E-state index contributed by atoms with van der Waals surface area (Å²) in [6.07, 6.45) is 1.39. The highest BCUT2D eigenvalue weighted by Crippen LogP contribution is 2.33. The molecule has 0 saturated carbocycles. The summed E-state index contributed by atoms with van der Waals surface area (Å²) in [5, 5.41) is 2.88. The normalized spacial score (nSPS) is 16.8. The molecule has 0 aromatic heterocycles. The van der Waals surface area contributed by atoms with Gasteiger partial charge in [-0.15, -0.1) is 0 Å². The first-order valence-corrected chi connectivity index (χ1v) is 8.29. The van der Waals surface area contributed by atoms with Crippen molar-refractivity contribution in [2.24, 2.45) is 0 Å². The molecule has 3 rings (SSSR count). The molecular weight excluding hydrogens is 302 g/mol. The van der Waals surface area contributed by atoms with Gasteiger partial charge in [-0.3, -0.25) is 4.79 Å². The summed E-state index contributed by atoms with van der Waals surface area (Å²) < 4.78 is 11.4. The molecule has 1 saturated heterocycles. The lowest BCUT2D eigenvalue weighted by molar-refractivity contribution is -0.119. The molecule has 0 bridgehead atoms. The lowest BCUT2D eigenvalue weighted by atomic mass is 9.98. The fraction of sp³-hybridized carbons (Fsp3) is 0.350. The van der Waals surface area contributed by atoms with Crippen LogP contribution in [0.15, 0.2) is 42.5 Å². The Morgan fingerprint density at radius 3 is 2.71 bits per heavy atom. The molecule has 126 valence electrons. The Balaban J connectivity index is 1.69. The van der Waals surface area contributed by atoms with E-state index in [1.54, 1.807) is 7.11 Å². The topological polar surface area (TPSA) is 47.6 Å². The van der Waals surface area contributed by atoms with Gasteiger partial charge in [0.05, 0.1) is 13.7 Å². The van der Waals surface area contributed by atoms with Gasteiger partial charge in [-0.2, -0.15) is 0 Å². The number of methoxy groups -OCH3 is 1. The minimum Gasteiger partial charge on any atom is -0.493 e. The Kier molecular flexibility index (Phi) is 5.04. The van der Waals surface area contributed by atoms with Crippen molar-refractivity contribution in [1.82, 2.24) is 5.32 Å². The highest BCUT2D eigenvalue weighted by atomic mass is 16.5. The number of amides is 1. The van der Waals surface area contributed by atoms with Gasteiger partial charge < -0.3 is 14.8 Å². The zero-order valence-electron chi connectivity index (χ0n) is 14.2. The van der Waals surface area contributed by atoms with Crippen LogP contribution in [0.2, 0.25) is 0 Å². The van der Waals surface area contributed by atoms with Gasteiger partial charge in [0, 0.05) is 25.3 Å². The summed E-state index contributed by atoms with van der Waals surface area (Å²) in [7, 11) is 1.64. The Bertz CT molecular complexity index is 727. The largest absolute Gasteiger partial charge is 0.493 e. The molecule has 2 aromatic rings. The van der Waals surface area contributed by atoms with E-state index >= 15 is 0 Å². The summed E-state index contributed by atoms with van der Waals surface area (Å²) in [5.74, 6) is 1.78. The smallest absolute Gasteiger partial charge is 0.220 e. The van der Waals surface area contributed by atoms with Crippen molar-refractivity contribution in [3.05, 3.63) is 59.2 Å². The fourth-order valence-corrected chi connectivity index (χ4v) is 3.06. The van der Waals surface area contributed by atoms with Gasteiger partial charge in [0.1, 0.15) is 0 Å². The first-order chi connectivity index (χ1) is 11.7. The monoisotopic (exact) mass is 325 g/mol. The van der Waals surface area contributed by atoms with Crippen molar-refractivity contribution in [3.8, 4) is 11.5 Å². The lowest BCUT2D eigenvalue weighted by Crippen LogP contribution is -2.13. The van der Waals surface area contributed by atoms with E-state index in [2.05, 4.69) is 24.4 Å². The van der Waals surface area contributed by atoms with E-state index in [1.807, 2.05) is 30.3 Å². The number of rotatable bonds is 6. The van der Waals surface area contributed by atoms with Crippen LogP contribution in [0.5, 0.6) is 11.5 Å². The van der Waals surface area contributed by atoms with Crippen LogP contribution in [0.4, 0.5) is 0 Å². The minimum atomic E-state index is 0.109. The number of benzene rings is 2. The molecule has 1 atom stereocenters. The maximum atomic E-state index is 11.4. The Labute approximate surface area is 142 Å². The Morgan fingerprint density at radius 2 is 2.00 bits per heavy atom. The standard InChI is InChI=1S/C20H23NO3/c1-14-5-3-4-6-15(14)9-10-24-19-11-16(7-8-18(19)23-2)17-12-20(22)21-13-17/h3-8,11,17H,9-10,12-13H2,1-2H3,(H,21,22). The van der Waals surface area contributed by atoms with Gasteiger partial charge in [-0.25, -0.2) is 0 Å². The molecule has 0 radical (unpaired) electrons. The van der Waals surface area contributed by atoms with E-state index in [0.717, 1.165) is 23.5 Å². The molecule has 4 nitrogen and oxygen atoms in total. The van der Waals surface area contributed by atoms with E-state index in [0.29, 0.717) is 19.6 Å². The molecule has 1 aliphatic heterocycles. The Morgan fingerprint density at radius 1 is 1.17 bits per heavy atom. The van der Waals surface area contributed by atoms with Crippen LogP contribution in [-0.2, 0) is 11.2 Å². The van der Waals surface area contributed by atoms with Crippen LogP contribution < -0.4 is 14.8 Å². The highest BCUT2D eigenvalue weighted by Gasteiger charge is 2.24. The molecular formula is C20H23NO3. The zero-order chi connectivity index (χ0) is 16.9. The van der Waals surface area contributed by atoms with E-state index in [1.165, 1.54) is 11.1 Å². The quantitative estimate of drug-likeness (QED) is 0.887. The maximum Gasteiger partial charge on any atom is 0.220 e. The summed E-state index contributed by atoms with van der Waals surface area (Å²) in [4.78, 5) is 11.4. The fourth-order valence-electron chi connectivity index (χ4n) is 3.06. The first-order valence-electron chi connectivity index (χ1n) is 8.29. The van der Waals surface area contributed by atoms with Crippen molar-refractivity contribution in [3.63, 3.8) is 0 Å². The number of aryl methyl sites for hydroxylation is 1. The number of carbonyl (C=O) groups is 1. The van der Waals surface area contributed by atoms with Crippen LogP contribution in [0.1, 0.15) is 29.0 Å². The third-order valence-corrected chi connectivity index (χ3v) is 4.53. The summed E-state index contributed by atoms with van der Waals surface area (Å²) in [5.41, 5.74) is 3.68. The molecule has 1 heterocycles. The molecule has 4 heteroatoms. The van der Waals surface area contributed by atoms with Crippen LogP contribution in [-0.4, -0.2) is 26.2 Å². The predicted molar refractivity (Wildman–Crippen MR) is 93.7 cm³/mol. The highest BCUT2D eigenvalue weighted by molar-refractivity contribution is 5.79. The van der Waals surface area contributed by atoms with Crippen molar-refractivity contribution >= 4 is 5.91 Å². The molecule has 1 N–H and O–H groups in total. The molecule has 1 fully saturated rings. The minimum absolute atomic E-state index is 0.109. The van der Waals surface area contributed by atoms with Crippen molar-refractivity contribution in [2.75, 3.05) is 20.3 Å². The zero-order valence-corrected chi connectivity index (χ0v) is 14.2. The number of nitrogens with one attached hydrogen (secondary N) is 1. The van der Waals surface area contributed by atoms with Crippen LogP contribution >= 0.6 is 0 Å². The molecule has 0 aliphatic carbocycles. The van der Waals surface area contributed by atoms with Crippen LogP contribution in [0, 0.1) is 6.92 Å². The third-order valence-electron chi connectivity index (χ3n) is 4.53. The van der Waals surface area contributed by atoms with E-state index in [-0.39, 0.29) is 11.8 Å². The number of hydrogen-bond donors (Lipinski definition) is 1. The van der Waals surface area contributed by atoms with Gasteiger partial charge in [-0.05, 0) is 35.7 Å². The third kappa shape index (κ3) is 3.70. The summed E-state index contributed by atoms with van der Waals surface area (Å²) in [6.45, 7) is 3.39. The first kappa shape index (κ1) is 16.4. The molecule has 2 aromatic carbocycles. The average Bonchev–Trinajstić information content (AvgIpc) is 3.03. The number of ether oxygens (including phenoxy) is 2.